The summed E-state index contributed by atoms with van der Waals surface area (Å²) in [7, 11) is 2.19. The Hall–Kier alpha value is -0.0400. The van der Waals surface area contributed by atoms with Gasteiger partial charge in [-0.05, 0) is 68.2 Å². The summed E-state index contributed by atoms with van der Waals surface area (Å²) in [6, 6.07) is 0.701. The molecule has 2 aliphatic carbocycles. The van der Waals surface area contributed by atoms with Crippen LogP contribution in [0.4, 0.5) is 0 Å². The Morgan fingerprint density at radius 2 is 1.78 bits per heavy atom. The number of rotatable bonds is 6. The molecule has 0 aromatic carbocycles. The molecule has 2 bridgehead atoms. The standard InChI is InChI=1S/C22H43N/c1-6-11-21(23-5)17(3)22(4)16-19-12-9-8-10-13-20(22)15-14-18(19)7-2/h17-21,23H,6-16H2,1-5H3. The Kier molecular flexibility index (Phi) is 7.45. The maximum atomic E-state index is 3.68. The minimum absolute atomic E-state index is 0.543. The number of hydrogen-bond acceptors (Lipinski definition) is 1. The number of hydrogen-bond donors (Lipinski definition) is 1. The summed E-state index contributed by atoms with van der Waals surface area (Å²) in [5.74, 6) is 3.76. The molecule has 23 heavy (non-hydrogen) atoms. The van der Waals surface area contributed by atoms with Gasteiger partial charge >= 0.3 is 0 Å². The Morgan fingerprint density at radius 1 is 1.04 bits per heavy atom. The van der Waals surface area contributed by atoms with Gasteiger partial charge in [-0.2, -0.15) is 0 Å². The summed E-state index contributed by atoms with van der Waals surface area (Å²) in [6.07, 6.45) is 16.0. The third-order valence-electron chi connectivity index (χ3n) is 7.95. The van der Waals surface area contributed by atoms with Gasteiger partial charge in [-0.25, -0.2) is 0 Å². The van der Waals surface area contributed by atoms with Crippen LogP contribution in [0.25, 0.3) is 0 Å². The molecule has 136 valence electrons. The summed E-state index contributed by atoms with van der Waals surface area (Å²) in [6.45, 7) is 10.0. The fourth-order valence-electron chi connectivity index (χ4n) is 6.17. The van der Waals surface area contributed by atoms with Crippen molar-refractivity contribution in [2.75, 3.05) is 7.05 Å². The van der Waals surface area contributed by atoms with Crippen molar-refractivity contribution in [1.82, 2.24) is 5.32 Å². The molecule has 0 radical (unpaired) electrons. The molecule has 2 saturated carbocycles. The molecular weight excluding hydrogens is 278 g/mol. The highest BCUT2D eigenvalue weighted by atomic mass is 14.9. The van der Waals surface area contributed by atoms with E-state index in [1.54, 1.807) is 0 Å². The molecule has 1 nitrogen and oxygen atoms in total. The highest BCUT2D eigenvalue weighted by Gasteiger charge is 2.46. The van der Waals surface area contributed by atoms with Crippen molar-refractivity contribution in [3.63, 3.8) is 0 Å². The fourth-order valence-corrected chi connectivity index (χ4v) is 6.17. The molecule has 1 N–H and O–H groups in total. The average Bonchev–Trinajstić information content (AvgIpc) is 2.63. The van der Waals surface area contributed by atoms with Crippen LogP contribution in [0.15, 0.2) is 0 Å². The molecule has 0 heterocycles. The lowest BCUT2D eigenvalue weighted by atomic mass is 9.60. The average molecular weight is 322 g/mol. The van der Waals surface area contributed by atoms with Crippen LogP contribution >= 0.6 is 0 Å². The van der Waals surface area contributed by atoms with E-state index in [1.807, 2.05) is 0 Å². The lowest BCUT2D eigenvalue weighted by Crippen LogP contribution is -2.45. The highest BCUT2D eigenvalue weighted by molar-refractivity contribution is 4.97. The second kappa shape index (κ2) is 8.88. The Labute approximate surface area is 146 Å². The van der Waals surface area contributed by atoms with Crippen molar-refractivity contribution in [3.05, 3.63) is 0 Å². The second-order valence-corrected chi connectivity index (χ2v) is 9.02. The predicted octanol–water partition coefficient (Wildman–Crippen LogP) is 6.42. The normalized spacial score (nSPS) is 38.2. The molecule has 1 heteroatoms. The van der Waals surface area contributed by atoms with Crippen LogP contribution in [0, 0.1) is 29.1 Å². The van der Waals surface area contributed by atoms with E-state index in [1.165, 1.54) is 70.6 Å². The fraction of sp³-hybridized carbons (Fsp3) is 1.00. The van der Waals surface area contributed by atoms with Gasteiger partial charge in [0.1, 0.15) is 0 Å². The summed E-state index contributed by atoms with van der Waals surface area (Å²) in [5.41, 5.74) is 0.543. The zero-order valence-electron chi connectivity index (χ0n) is 16.7. The zero-order chi connectivity index (χ0) is 16.9. The predicted molar refractivity (Wildman–Crippen MR) is 103 cm³/mol. The van der Waals surface area contributed by atoms with Gasteiger partial charge in [0.15, 0.2) is 0 Å². The van der Waals surface area contributed by atoms with E-state index in [9.17, 15) is 0 Å². The van der Waals surface area contributed by atoms with Crippen LogP contribution in [-0.2, 0) is 0 Å². The largest absolute Gasteiger partial charge is 0.317 e. The molecule has 0 aliphatic heterocycles. The summed E-state index contributed by atoms with van der Waals surface area (Å²) >= 11 is 0. The van der Waals surface area contributed by atoms with Crippen LogP contribution < -0.4 is 5.32 Å². The third-order valence-corrected chi connectivity index (χ3v) is 7.95. The molecule has 6 unspecified atom stereocenters. The first-order chi connectivity index (χ1) is 11.1. The van der Waals surface area contributed by atoms with Gasteiger partial charge in [-0.3, -0.25) is 0 Å². The molecule has 6 atom stereocenters. The van der Waals surface area contributed by atoms with Gasteiger partial charge in [0, 0.05) is 6.04 Å². The monoisotopic (exact) mass is 321 g/mol. The highest BCUT2D eigenvalue weighted by Crippen LogP contribution is 2.53. The van der Waals surface area contributed by atoms with E-state index >= 15 is 0 Å². The first kappa shape index (κ1) is 19.3. The van der Waals surface area contributed by atoms with Crippen LogP contribution in [0.1, 0.15) is 98.3 Å². The van der Waals surface area contributed by atoms with Crippen molar-refractivity contribution < 1.29 is 0 Å². The summed E-state index contributed by atoms with van der Waals surface area (Å²) in [4.78, 5) is 0. The van der Waals surface area contributed by atoms with E-state index in [-0.39, 0.29) is 0 Å². The van der Waals surface area contributed by atoms with Gasteiger partial charge in [0.2, 0.25) is 0 Å². The van der Waals surface area contributed by atoms with Crippen LogP contribution in [0.3, 0.4) is 0 Å². The van der Waals surface area contributed by atoms with E-state index in [4.69, 9.17) is 0 Å². The summed E-state index contributed by atoms with van der Waals surface area (Å²) in [5, 5.41) is 3.68. The van der Waals surface area contributed by atoms with Gasteiger partial charge in [0.05, 0.1) is 0 Å². The van der Waals surface area contributed by atoms with Crippen molar-refractivity contribution in [2.24, 2.45) is 29.1 Å². The zero-order valence-corrected chi connectivity index (χ0v) is 16.7. The Morgan fingerprint density at radius 3 is 2.43 bits per heavy atom. The molecule has 2 fully saturated rings. The minimum atomic E-state index is 0.543. The van der Waals surface area contributed by atoms with E-state index < -0.39 is 0 Å². The van der Waals surface area contributed by atoms with Crippen molar-refractivity contribution in [1.29, 1.82) is 0 Å². The van der Waals surface area contributed by atoms with E-state index in [2.05, 4.69) is 40.1 Å². The first-order valence-corrected chi connectivity index (χ1v) is 10.7. The Balaban J connectivity index is 2.28. The molecule has 0 saturated heterocycles. The van der Waals surface area contributed by atoms with Crippen molar-refractivity contribution >= 4 is 0 Å². The Bertz CT molecular complexity index is 335. The van der Waals surface area contributed by atoms with Crippen LogP contribution in [0.5, 0.6) is 0 Å². The quantitative estimate of drug-likeness (QED) is 0.595. The van der Waals surface area contributed by atoms with Crippen molar-refractivity contribution in [2.45, 2.75) is 104 Å². The lowest BCUT2D eigenvalue weighted by Gasteiger charge is -2.46. The lowest BCUT2D eigenvalue weighted by molar-refractivity contribution is 0.0446. The first-order valence-electron chi connectivity index (χ1n) is 10.7. The molecular formula is C22H43N. The SMILES string of the molecule is CCCC(NC)C(C)C1(C)CC2CCCCCC1CCC2CC. The minimum Gasteiger partial charge on any atom is -0.317 e. The van der Waals surface area contributed by atoms with Gasteiger partial charge in [-0.1, -0.05) is 66.2 Å². The summed E-state index contributed by atoms with van der Waals surface area (Å²) < 4.78 is 0. The van der Waals surface area contributed by atoms with E-state index in [0.29, 0.717) is 11.5 Å². The topological polar surface area (TPSA) is 12.0 Å². The van der Waals surface area contributed by atoms with Gasteiger partial charge in [-0.15, -0.1) is 0 Å². The number of fused-ring (bicyclic) bond motifs is 3. The molecule has 0 aromatic rings. The second-order valence-electron chi connectivity index (χ2n) is 9.02. The third kappa shape index (κ3) is 4.33. The molecule has 0 amide bonds. The van der Waals surface area contributed by atoms with Crippen LogP contribution in [0.2, 0.25) is 0 Å². The molecule has 2 aliphatic rings. The van der Waals surface area contributed by atoms with Gasteiger partial charge < -0.3 is 5.32 Å². The maximum absolute atomic E-state index is 3.68. The molecule has 0 aromatic heterocycles. The van der Waals surface area contributed by atoms with E-state index in [0.717, 1.165) is 23.7 Å². The van der Waals surface area contributed by atoms with Crippen molar-refractivity contribution in [3.8, 4) is 0 Å². The maximum Gasteiger partial charge on any atom is 0.00948 e. The van der Waals surface area contributed by atoms with Crippen LogP contribution in [-0.4, -0.2) is 13.1 Å². The number of nitrogens with one attached hydrogen (secondary N) is 1. The molecule has 0 spiro atoms. The smallest absolute Gasteiger partial charge is 0.00948 e. The molecule has 2 rings (SSSR count). The van der Waals surface area contributed by atoms with Gasteiger partial charge in [0.25, 0.3) is 0 Å².